The monoisotopic (exact) mass is 391 g/mol. The van der Waals surface area contributed by atoms with Crippen LogP contribution in [0, 0.1) is 18.6 Å². The Morgan fingerprint density at radius 3 is 2.78 bits per heavy atom. The molecule has 4 rings (SSSR count). The number of benzene rings is 1. The lowest BCUT2D eigenvalue weighted by Crippen LogP contribution is -2.35. The number of carbonyl (C=O) groups is 1. The molecule has 8 heteroatoms. The minimum Gasteiger partial charge on any atom is -0.379 e. The van der Waals surface area contributed by atoms with Crippen molar-refractivity contribution in [1.29, 1.82) is 0 Å². The SMILES string of the molecule is Cc1sc2cc(C(=O)Nc3ccc(F)c(F)c3)[nH]c2c1CN1CCOCC1. The van der Waals surface area contributed by atoms with Gasteiger partial charge in [-0.25, -0.2) is 8.78 Å². The molecule has 3 heterocycles. The number of rotatable bonds is 4. The summed E-state index contributed by atoms with van der Waals surface area (Å²) in [6.07, 6.45) is 0. The number of aromatic nitrogens is 1. The molecule has 1 aliphatic rings. The summed E-state index contributed by atoms with van der Waals surface area (Å²) in [5, 5.41) is 2.59. The Morgan fingerprint density at radius 2 is 2.04 bits per heavy atom. The van der Waals surface area contributed by atoms with Crippen LogP contribution in [0.25, 0.3) is 10.2 Å². The number of aromatic amines is 1. The molecular formula is C19H19F2N3O2S. The number of fused-ring (bicyclic) bond motifs is 1. The van der Waals surface area contributed by atoms with Crippen molar-refractivity contribution in [2.24, 2.45) is 0 Å². The Morgan fingerprint density at radius 1 is 1.26 bits per heavy atom. The molecule has 5 nitrogen and oxygen atoms in total. The van der Waals surface area contributed by atoms with Gasteiger partial charge in [0.1, 0.15) is 5.69 Å². The summed E-state index contributed by atoms with van der Waals surface area (Å²) in [6.45, 7) is 6.13. The first-order valence-electron chi connectivity index (χ1n) is 8.69. The Labute approximate surface area is 158 Å². The van der Waals surface area contributed by atoms with E-state index >= 15 is 0 Å². The molecule has 1 aromatic carbocycles. The van der Waals surface area contributed by atoms with Crippen molar-refractivity contribution in [3.8, 4) is 0 Å². The first kappa shape index (κ1) is 18.1. The highest BCUT2D eigenvalue weighted by molar-refractivity contribution is 7.19. The maximum atomic E-state index is 13.3. The van der Waals surface area contributed by atoms with Gasteiger partial charge in [-0.05, 0) is 25.1 Å². The Balaban J connectivity index is 1.55. The highest BCUT2D eigenvalue weighted by atomic mass is 32.1. The van der Waals surface area contributed by atoms with Crippen LogP contribution in [0.1, 0.15) is 20.9 Å². The third-order valence-electron chi connectivity index (χ3n) is 4.68. The van der Waals surface area contributed by atoms with Gasteiger partial charge in [-0.15, -0.1) is 11.3 Å². The standard InChI is InChI=1S/C19H19F2N3O2S/c1-11-13(10-24-4-6-26-7-5-24)18-17(27-11)9-16(23-18)19(25)22-12-2-3-14(20)15(21)8-12/h2-3,8-9,23H,4-7,10H2,1H3,(H,22,25). The number of thiophene rings is 1. The van der Waals surface area contributed by atoms with E-state index in [2.05, 4.69) is 22.1 Å². The summed E-state index contributed by atoms with van der Waals surface area (Å²) in [6, 6.07) is 5.08. The Bertz CT molecular complexity index is 992. The van der Waals surface area contributed by atoms with E-state index in [4.69, 9.17) is 4.74 Å². The predicted octanol–water partition coefficient (Wildman–Crippen LogP) is 3.90. The van der Waals surface area contributed by atoms with E-state index in [1.54, 1.807) is 17.4 Å². The topological polar surface area (TPSA) is 57.4 Å². The van der Waals surface area contributed by atoms with Gasteiger partial charge in [-0.2, -0.15) is 0 Å². The van der Waals surface area contributed by atoms with Crippen LogP contribution in [0.3, 0.4) is 0 Å². The number of H-pyrrole nitrogens is 1. The number of ether oxygens (including phenoxy) is 1. The van der Waals surface area contributed by atoms with Crippen LogP contribution in [-0.2, 0) is 11.3 Å². The highest BCUT2D eigenvalue weighted by Crippen LogP contribution is 2.32. The lowest BCUT2D eigenvalue weighted by atomic mass is 10.2. The number of morpholine rings is 1. The van der Waals surface area contributed by atoms with E-state index in [9.17, 15) is 13.6 Å². The molecule has 27 heavy (non-hydrogen) atoms. The van der Waals surface area contributed by atoms with Crippen LogP contribution >= 0.6 is 11.3 Å². The second-order valence-electron chi connectivity index (χ2n) is 6.53. The van der Waals surface area contributed by atoms with Crippen LogP contribution in [0.5, 0.6) is 0 Å². The maximum absolute atomic E-state index is 13.3. The molecule has 3 aromatic rings. The van der Waals surface area contributed by atoms with E-state index in [1.165, 1.54) is 16.5 Å². The van der Waals surface area contributed by atoms with Gasteiger partial charge in [0.15, 0.2) is 11.6 Å². The van der Waals surface area contributed by atoms with E-state index in [0.29, 0.717) is 5.69 Å². The third-order valence-corrected chi connectivity index (χ3v) is 5.77. The average molecular weight is 391 g/mol. The normalized spacial score (nSPS) is 15.4. The summed E-state index contributed by atoms with van der Waals surface area (Å²) >= 11 is 1.64. The molecule has 0 unspecified atom stereocenters. The molecule has 2 N–H and O–H groups in total. The molecule has 1 fully saturated rings. The summed E-state index contributed by atoms with van der Waals surface area (Å²) in [4.78, 5) is 19.2. The first-order valence-corrected chi connectivity index (χ1v) is 9.50. The second-order valence-corrected chi connectivity index (χ2v) is 7.79. The Kier molecular flexibility index (Phi) is 4.94. The number of nitrogens with zero attached hydrogens (tertiary/aromatic N) is 1. The van der Waals surface area contributed by atoms with Gasteiger partial charge >= 0.3 is 0 Å². The fourth-order valence-electron chi connectivity index (χ4n) is 3.21. The fourth-order valence-corrected chi connectivity index (χ4v) is 4.28. The van der Waals surface area contributed by atoms with Gasteiger partial charge in [-0.3, -0.25) is 9.69 Å². The average Bonchev–Trinajstić information content (AvgIpc) is 3.18. The number of halogens is 2. The van der Waals surface area contributed by atoms with Crippen LogP contribution in [0.15, 0.2) is 24.3 Å². The number of nitrogens with one attached hydrogen (secondary N) is 2. The van der Waals surface area contributed by atoms with E-state index in [-0.39, 0.29) is 11.6 Å². The van der Waals surface area contributed by atoms with Crippen molar-refractivity contribution in [3.63, 3.8) is 0 Å². The molecule has 0 saturated carbocycles. The lowest BCUT2D eigenvalue weighted by molar-refractivity contribution is 0.0343. The zero-order valence-corrected chi connectivity index (χ0v) is 15.6. The van der Waals surface area contributed by atoms with Crippen LogP contribution in [0.2, 0.25) is 0 Å². The van der Waals surface area contributed by atoms with Crippen molar-refractivity contribution >= 4 is 33.1 Å². The Hall–Kier alpha value is -2.29. The molecule has 1 aliphatic heterocycles. The number of hydrogen-bond acceptors (Lipinski definition) is 4. The van der Waals surface area contributed by atoms with Gasteiger partial charge in [-0.1, -0.05) is 0 Å². The van der Waals surface area contributed by atoms with E-state index in [0.717, 1.165) is 55.2 Å². The predicted molar refractivity (Wildman–Crippen MR) is 101 cm³/mol. The number of carbonyl (C=O) groups excluding carboxylic acids is 1. The summed E-state index contributed by atoms with van der Waals surface area (Å²) in [5.74, 6) is -2.33. The molecular weight excluding hydrogens is 372 g/mol. The second kappa shape index (κ2) is 7.38. The summed E-state index contributed by atoms with van der Waals surface area (Å²) < 4.78 is 32.8. The zero-order chi connectivity index (χ0) is 19.0. The maximum Gasteiger partial charge on any atom is 0.272 e. The number of aryl methyl sites for hydroxylation is 1. The largest absolute Gasteiger partial charge is 0.379 e. The third kappa shape index (κ3) is 3.73. The van der Waals surface area contributed by atoms with Gasteiger partial charge in [0.2, 0.25) is 0 Å². The van der Waals surface area contributed by atoms with E-state index in [1.807, 2.05) is 0 Å². The van der Waals surface area contributed by atoms with Gasteiger partial charge < -0.3 is 15.0 Å². The first-order chi connectivity index (χ1) is 13.0. The molecule has 0 spiro atoms. The molecule has 0 atom stereocenters. The number of amides is 1. The molecule has 1 saturated heterocycles. The van der Waals surface area contributed by atoms with Crippen molar-refractivity contribution < 1.29 is 18.3 Å². The smallest absolute Gasteiger partial charge is 0.272 e. The summed E-state index contributed by atoms with van der Waals surface area (Å²) in [5.41, 5.74) is 2.74. The lowest BCUT2D eigenvalue weighted by Gasteiger charge is -2.26. The molecule has 0 bridgehead atoms. The van der Waals surface area contributed by atoms with Crippen LogP contribution < -0.4 is 5.32 Å². The van der Waals surface area contributed by atoms with Gasteiger partial charge in [0, 0.05) is 41.8 Å². The molecule has 142 valence electrons. The highest BCUT2D eigenvalue weighted by Gasteiger charge is 2.19. The quantitative estimate of drug-likeness (QED) is 0.709. The molecule has 0 radical (unpaired) electrons. The number of anilines is 1. The minimum absolute atomic E-state index is 0.210. The van der Waals surface area contributed by atoms with Crippen molar-refractivity contribution in [2.45, 2.75) is 13.5 Å². The van der Waals surface area contributed by atoms with Crippen LogP contribution in [-0.4, -0.2) is 42.1 Å². The van der Waals surface area contributed by atoms with Crippen molar-refractivity contribution in [1.82, 2.24) is 9.88 Å². The molecule has 2 aromatic heterocycles. The molecule has 0 aliphatic carbocycles. The van der Waals surface area contributed by atoms with Gasteiger partial charge in [0.25, 0.3) is 5.91 Å². The number of hydrogen-bond donors (Lipinski definition) is 2. The van der Waals surface area contributed by atoms with E-state index < -0.39 is 11.6 Å². The van der Waals surface area contributed by atoms with Crippen molar-refractivity contribution in [3.05, 3.63) is 52.0 Å². The van der Waals surface area contributed by atoms with Gasteiger partial charge in [0.05, 0.1) is 23.4 Å². The summed E-state index contributed by atoms with van der Waals surface area (Å²) in [7, 11) is 0. The fraction of sp³-hybridized carbons (Fsp3) is 0.316. The molecule has 1 amide bonds. The minimum atomic E-state index is -0.997. The van der Waals surface area contributed by atoms with Crippen molar-refractivity contribution in [2.75, 3.05) is 31.6 Å². The zero-order valence-electron chi connectivity index (χ0n) is 14.8. The van der Waals surface area contributed by atoms with Crippen LogP contribution in [0.4, 0.5) is 14.5 Å².